The SMILES string of the molecule is CC[C@H](Oc1cccc2ccccc12)C(=O)NCCOc1ccccc1C(C)(C)C. The Hall–Kier alpha value is -3.01. The number of amides is 1. The van der Waals surface area contributed by atoms with Crippen LogP contribution in [-0.4, -0.2) is 25.2 Å². The molecule has 4 heteroatoms. The van der Waals surface area contributed by atoms with Gasteiger partial charge >= 0.3 is 0 Å². The molecular weight excluding hydrogens is 374 g/mol. The third kappa shape index (κ3) is 5.32. The van der Waals surface area contributed by atoms with Crippen molar-refractivity contribution in [2.75, 3.05) is 13.2 Å². The largest absolute Gasteiger partial charge is 0.491 e. The summed E-state index contributed by atoms with van der Waals surface area (Å²) in [6.45, 7) is 9.26. The number of benzene rings is 3. The van der Waals surface area contributed by atoms with E-state index < -0.39 is 6.10 Å². The van der Waals surface area contributed by atoms with Gasteiger partial charge in [0, 0.05) is 5.39 Å². The highest BCUT2D eigenvalue weighted by molar-refractivity contribution is 5.89. The second kappa shape index (κ2) is 9.66. The summed E-state index contributed by atoms with van der Waals surface area (Å²) in [7, 11) is 0. The Bertz CT molecular complexity index is 985. The van der Waals surface area contributed by atoms with Crippen LogP contribution in [0.2, 0.25) is 0 Å². The van der Waals surface area contributed by atoms with E-state index in [1.165, 1.54) is 0 Å². The molecule has 0 fully saturated rings. The summed E-state index contributed by atoms with van der Waals surface area (Å²) in [5.41, 5.74) is 1.15. The number of hydrogen-bond donors (Lipinski definition) is 1. The van der Waals surface area contributed by atoms with Crippen molar-refractivity contribution in [2.24, 2.45) is 0 Å². The molecule has 0 radical (unpaired) electrons. The Morgan fingerprint density at radius 3 is 2.37 bits per heavy atom. The highest BCUT2D eigenvalue weighted by Crippen LogP contribution is 2.31. The fraction of sp³-hybridized carbons (Fsp3) is 0.346. The van der Waals surface area contributed by atoms with E-state index in [1.54, 1.807) is 0 Å². The first-order valence-corrected chi connectivity index (χ1v) is 10.5. The number of fused-ring (bicyclic) bond motifs is 1. The van der Waals surface area contributed by atoms with Crippen molar-refractivity contribution in [3.63, 3.8) is 0 Å². The Morgan fingerprint density at radius 1 is 0.933 bits per heavy atom. The molecule has 0 saturated heterocycles. The second-order valence-corrected chi connectivity index (χ2v) is 8.38. The van der Waals surface area contributed by atoms with Crippen LogP contribution in [0.15, 0.2) is 66.7 Å². The van der Waals surface area contributed by atoms with Gasteiger partial charge in [-0.25, -0.2) is 0 Å². The first-order chi connectivity index (χ1) is 14.4. The third-order valence-electron chi connectivity index (χ3n) is 5.04. The minimum absolute atomic E-state index is 0.000551. The lowest BCUT2D eigenvalue weighted by atomic mass is 9.86. The highest BCUT2D eigenvalue weighted by atomic mass is 16.5. The topological polar surface area (TPSA) is 47.6 Å². The van der Waals surface area contributed by atoms with E-state index in [4.69, 9.17) is 9.47 Å². The summed E-state index contributed by atoms with van der Waals surface area (Å²) < 4.78 is 12.0. The molecule has 3 aromatic rings. The minimum Gasteiger partial charge on any atom is -0.491 e. The third-order valence-corrected chi connectivity index (χ3v) is 5.04. The number of nitrogens with one attached hydrogen (secondary N) is 1. The van der Waals surface area contributed by atoms with Gasteiger partial charge in [-0.3, -0.25) is 4.79 Å². The molecular formula is C26H31NO3. The van der Waals surface area contributed by atoms with Crippen LogP contribution in [0, 0.1) is 0 Å². The van der Waals surface area contributed by atoms with Crippen LogP contribution in [0.4, 0.5) is 0 Å². The molecule has 0 aliphatic rings. The van der Waals surface area contributed by atoms with Crippen molar-refractivity contribution in [1.82, 2.24) is 5.32 Å². The van der Waals surface area contributed by atoms with Crippen LogP contribution in [0.1, 0.15) is 39.7 Å². The van der Waals surface area contributed by atoms with Crippen LogP contribution < -0.4 is 14.8 Å². The lowest BCUT2D eigenvalue weighted by molar-refractivity contribution is -0.128. The monoisotopic (exact) mass is 405 g/mol. The van der Waals surface area contributed by atoms with Crippen LogP contribution in [-0.2, 0) is 10.2 Å². The second-order valence-electron chi connectivity index (χ2n) is 8.38. The predicted molar refractivity (Wildman–Crippen MR) is 122 cm³/mol. The molecule has 4 nitrogen and oxygen atoms in total. The van der Waals surface area contributed by atoms with Gasteiger partial charge < -0.3 is 14.8 Å². The zero-order valence-electron chi connectivity index (χ0n) is 18.3. The molecule has 0 unspecified atom stereocenters. The van der Waals surface area contributed by atoms with E-state index in [0.717, 1.165) is 27.8 Å². The zero-order chi connectivity index (χ0) is 21.6. The molecule has 3 rings (SSSR count). The van der Waals surface area contributed by atoms with E-state index in [0.29, 0.717) is 19.6 Å². The van der Waals surface area contributed by atoms with Gasteiger partial charge in [0.2, 0.25) is 0 Å². The van der Waals surface area contributed by atoms with Gasteiger partial charge in [0.05, 0.1) is 6.54 Å². The number of hydrogen-bond acceptors (Lipinski definition) is 3. The molecule has 158 valence electrons. The van der Waals surface area contributed by atoms with Crippen molar-refractivity contribution in [3.05, 3.63) is 72.3 Å². The fourth-order valence-electron chi connectivity index (χ4n) is 3.44. The molecule has 0 spiro atoms. The maximum atomic E-state index is 12.7. The molecule has 0 heterocycles. The van der Waals surface area contributed by atoms with Crippen LogP contribution >= 0.6 is 0 Å². The number of para-hydroxylation sites is 1. The van der Waals surface area contributed by atoms with Crippen LogP contribution in [0.5, 0.6) is 11.5 Å². The fourth-order valence-corrected chi connectivity index (χ4v) is 3.44. The molecule has 1 amide bonds. The molecule has 0 saturated carbocycles. The summed E-state index contributed by atoms with van der Waals surface area (Å²) >= 11 is 0. The number of carbonyl (C=O) groups is 1. The van der Waals surface area contributed by atoms with E-state index in [9.17, 15) is 4.79 Å². The van der Waals surface area contributed by atoms with E-state index in [1.807, 2.05) is 67.6 Å². The average molecular weight is 406 g/mol. The van der Waals surface area contributed by atoms with Crippen molar-refractivity contribution in [2.45, 2.75) is 45.6 Å². The van der Waals surface area contributed by atoms with Crippen molar-refractivity contribution in [1.29, 1.82) is 0 Å². The summed E-state index contributed by atoms with van der Waals surface area (Å²) in [5.74, 6) is 1.46. The molecule has 1 atom stereocenters. The predicted octanol–water partition coefficient (Wildman–Crippen LogP) is 5.49. The molecule has 0 aliphatic heterocycles. The molecule has 1 N–H and O–H groups in total. The van der Waals surface area contributed by atoms with Crippen LogP contribution in [0.3, 0.4) is 0 Å². The maximum absolute atomic E-state index is 12.7. The molecule has 0 bridgehead atoms. The Labute approximate surface area is 179 Å². The van der Waals surface area contributed by atoms with Gasteiger partial charge in [-0.2, -0.15) is 0 Å². The summed E-state index contributed by atoms with van der Waals surface area (Å²) in [5, 5.41) is 5.04. The molecule has 0 aromatic heterocycles. The van der Waals surface area contributed by atoms with Crippen LogP contribution in [0.25, 0.3) is 10.8 Å². The Balaban J connectivity index is 1.56. The average Bonchev–Trinajstić information content (AvgIpc) is 2.74. The van der Waals surface area contributed by atoms with Gasteiger partial charge in [0.15, 0.2) is 6.10 Å². The normalized spacial score (nSPS) is 12.4. The maximum Gasteiger partial charge on any atom is 0.261 e. The lowest BCUT2D eigenvalue weighted by Gasteiger charge is -2.23. The first kappa shape index (κ1) is 21.7. The lowest BCUT2D eigenvalue weighted by Crippen LogP contribution is -2.39. The van der Waals surface area contributed by atoms with E-state index in [-0.39, 0.29) is 11.3 Å². The number of carbonyl (C=O) groups excluding carboxylic acids is 1. The smallest absolute Gasteiger partial charge is 0.261 e. The number of ether oxygens (including phenoxy) is 2. The minimum atomic E-state index is -0.544. The first-order valence-electron chi connectivity index (χ1n) is 10.5. The van der Waals surface area contributed by atoms with E-state index >= 15 is 0 Å². The van der Waals surface area contributed by atoms with Gasteiger partial charge in [0.1, 0.15) is 18.1 Å². The zero-order valence-corrected chi connectivity index (χ0v) is 18.3. The van der Waals surface area contributed by atoms with Gasteiger partial charge in [-0.05, 0) is 34.9 Å². The molecule has 0 aliphatic carbocycles. The van der Waals surface area contributed by atoms with Crippen molar-refractivity contribution < 1.29 is 14.3 Å². The summed E-state index contributed by atoms with van der Waals surface area (Å²) in [6, 6.07) is 22.0. The molecule has 3 aromatic carbocycles. The van der Waals surface area contributed by atoms with Crippen molar-refractivity contribution in [3.8, 4) is 11.5 Å². The van der Waals surface area contributed by atoms with E-state index in [2.05, 4.69) is 32.2 Å². The molecule has 30 heavy (non-hydrogen) atoms. The van der Waals surface area contributed by atoms with Gasteiger partial charge in [-0.15, -0.1) is 0 Å². The van der Waals surface area contributed by atoms with Gasteiger partial charge in [-0.1, -0.05) is 82.3 Å². The Morgan fingerprint density at radius 2 is 1.60 bits per heavy atom. The summed E-state index contributed by atoms with van der Waals surface area (Å²) in [4.78, 5) is 12.7. The highest BCUT2D eigenvalue weighted by Gasteiger charge is 2.20. The number of rotatable bonds is 8. The summed E-state index contributed by atoms with van der Waals surface area (Å²) in [6.07, 6.45) is 0.0423. The Kier molecular flexibility index (Phi) is 6.99. The van der Waals surface area contributed by atoms with Crippen molar-refractivity contribution >= 4 is 16.7 Å². The standard InChI is InChI=1S/C26H31NO3/c1-5-22(30-23-16-10-12-19-11-6-7-13-20(19)23)25(28)27-17-18-29-24-15-9-8-14-21(24)26(2,3)4/h6-16,22H,5,17-18H2,1-4H3,(H,27,28)/t22-/m0/s1. The quantitative estimate of drug-likeness (QED) is 0.504. The van der Waals surface area contributed by atoms with Gasteiger partial charge in [0.25, 0.3) is 5.91 Å².